The summed E-state index contributed by atoms with van der Waals surface area (Å²) in [7, 11) is 3.06. The Bertz CT molecular complexity index is 1060. The lowest BCUT2D eigenvalue weighted by Gasteiger charge is -2.10. The highest BCUT2D eigenvalue weighted by molar-refractivity contribution is 5.92. The summed E-state index contributed by atoms with van der Waals surface area (Å²) in [6.07, 6.45) is 1.76. The average Bonchev–Trinajstić information content (AvgIpc) is 2.78. The van der Waals surface area contributed by atoms with Gasteiger partial charge in [0.05, 0.1) is 31.4 Å². The molecule has 0 spiro atoms. The summed E-state index contributed by atoms with van der Waals surface area (Å²) in [5.74, 6) is 0.841. The van der Waals surface area contributed by atoms with Crippen LogP contribution < -0.4 is 14.2 Å². The van der Waals surface area contributed by atoms with Gasteiger partial charge in [0.15, 0.2) is 11.5 Å². The molecule has 0 saturated carbocycles. The zero-order valence-corrected chi connectivity index (χ0v) is 16.1. The van der Waals surface area contributed by atoms with Gasteiger partial charge >= 0.3 is 5.97 Å². The van der Waals surface area contributed by atoms with Crippen LogP contribution in [0.1, 0.15) is 21.5 Å². The van der Waals surface area contributed by atoms with Gasteiger partial charge in [0, 0.05) is 0 Å². The molecule has 0 amide bonds. The van der Waals surface area contributed by atoms with Crippen LogP contribution >= 0.6 is 0 Å². The van der Waals surface area contributed by atoms with E-state index in [1.165, 1.54) is 7.11 Å². The van der Waals surface area contributed by atoms with E-state index in [9.17, 15) is 10.1 Å². The Morgan fingerprint density at radius 3 is 2.21 bits per heavy atom. The fourth-order valence-electron chi connectivity index (χ4n) is 2.71. The predicted molar refractivity (Wildman–Crippen MR) is 111 cm³/mol. The standard InChI is InChI=1S/C24H19NO4/c1-27-21-11-9-19(10-12-21)24(26)29-22-13-8-17(15-23(22)28-2)14-20(16-25)18-6-4-3-5-7-18/h3-15H,1-2H3/b20-14+. The fourth-order valence-corrected chi connectivity index (χ4v) is 2.71. The zero-order chi connectivity index (χ0) is 20.6. The van der Waals surface area contributed by atoms with Crippen molar-refractivity contribution in [1.82, 2.24) is 0 Å². The van der Waals surface area contributed by atoms with E-state index in [0.717, 1.165) is 11.1 Å². The van der Waals surface area contributed by atoms with Gasteiger partial charge in [0.2, 0.25) is 0 Å². The minimum atomic E-state index is -0.503. The van der Waals surface area contributed by atoms with E-state index in [1.54, 1.807) is 55.7 Å². The number of rotatable bonds is 6. The van der Waals surface area contributed by atoms with Crippen molar-refractivity contribution < 1.29 is 19.0 Å². The number of hydrogen-bond donors (Lipinski definition) is 0. The first kappa shape index (κ1) is 19.7. The summed E-state index contributed by atoms with van der Waals surface area (Å²) < 4.78 is 15.9. The van der Waals surface area contributed by atoms with Gasteiger partial charge < -0.3 is 14.2 Å². The number of nitrogens with zero attached hydrogens (tertiary/aromatic N) is 1. The number of allylic oxidation sites excluding steroid dienone is 1. The molecule has 3 rings (SSSR count). The van der Waals surface area contributed by atoms with Crippen LogP contribution in [0.15, 0.2) is 72.8 Å². The van der Waals surface area contributed by atoms with Gasteiger partial charge in [-0.25, -0.2) is 4.79 Å². The van der Waals surface area contributed by atoms with Gasteiger partial charge in [0.1, 0.15) is 5.75 Å². The molecule has 0 unspecified atom stereocenters. The van der Waals surface area contributed by atoms with Gasteiger partial charge in [0.25, 0.3) is 0 Å². The maximum Gasteiger partial charge on any atom is 0.343 e. The largest absolute Gasteiger partial charge is 0.497 e. The Morgan fingerprint density at radius 1 is 0.862 bits per heavy atom. The lowest BCUT2D eigenvalue weighted by atomic mass is 10.0. The van der Waals surface area contributed by atoms with Gasteiger partial charge in [-0.05, 0) is 53.6 Å². The number of carbonyl (C=O) groups is 1. The van der Waals surface area contributed by atoms with Crippen LogP contribution in [0.5, 0.6) is 17.2 Å². The average molecular weight is 385 g/mol. The monoisotopic (exact) mass is 385 g/mol. The van der Waals surface area contributed by atoms with Crippen molar-refractivity contribution in [3.63, 3.8) is 0 Å². The van der Waals surface area contributed by atoms with Crippen LogP contribution in [0.2, 0.25) is 0 Å². The molecule has 3 aromatic carbocycles. The third-order valence-electron chi connectivity index (χ3n) is 4.23. The van der Waals surface area contributed by atoms with Crippen LogP contribution in [-0.2, 0) is 0 Å². The highest BCUT2D eigenvalue weighted by Gasteiger charge is 2.13. The summed E-state index contributed by atoms with van der Waals surface area (Å²) >= 11 is 0. The summed E-state index contributed by atoms with van der Waals surface area (Å²) in [6, 6.07) is 23.4. The molecule has 0 aliphatic carbocycles. The summed E-state index contributed by atoms with van der Waals surface area (Å²) in [6.45, 7) is 0. The number of benzene rings is 3. The van der Waals surface area contributed by atoms with Crippen molar-refractivity contribution in [3.05, 3.63) is 89.5 Å². The second kappa shape index (κ2) is 9.25. The van der Waals surface area contributed by atoms with Crippen molar-refractivity contribution in [2.45, 2.75) is 0 Å². The highest BCUT2D eigenvalue weighted by Crippen LogP contribution is 2.30. The Labute approximate surface area is 169 Å². The number of hydrogen-bond acceptors (Lipinski definition) is 5. The molecule has 0 N–H and O–H groups in total. The van der Waals surface area contributed by atoms with Crippen molar-refractivity contribution in [2.75, 3.05) is 14.2 Å². The third-order valence-corrected chi connectivity index (χ3v) is 4.23. The molecule has 0 radical (unpaired) electrons. The van der Waals surface area contributed by atoms with Crippen molar-refractivity contribution in [1.29, 1.82) is 5.26 Å². The predicted octanol–water partition coefficient (Wildman–Crippen LogP) is 4.99. The van der Waals surface area contributed by atoms with Gasteiger partial charge in [-0.1, -0.05) is 36.4 Å². The molecule has 0 heterocycles. The quantitative estimate of drug-likeness (QED) is 0.259. The Morgan fingerprint density at radius 2 is 1.59 bits per heavy atom. The SMILES string of the molecule is COc1ccc(C(=O)Oc2ccc(/C=C(\C#N)c3ccccc3)cc2OC)cc1. The molecule has 0 atom stereocenters. The number of carbonyl (C=O) groups excluding carboxylic acids is 1. The Hall–Kier alpha value is -4.04. The Kier molecular flexibility index (Phi) is 6.29. The molecule has 3 aromatic rings. The zero-order valence-electron chi connectivity index (χ0n) is 16.1. The van der Waals surface area contributed by atoms with E-state index in [0.29, 0.717) is 28.4 Å². The number of methoxy groups -OCH3 is 2. The maximum atomic E-state index is 12.4. The molecule has 5 heteroatoms. The van der Waals surface area contributed by atoms with Gasteiger partial charge in [-0.3, -0.25) is 0 Å². The topological polar surface area (TPSA) is 68.5 Å². The van der Waals surface area contributed by atoms with E-state index >= 15 is 0 Å². The van der Waals surface area contributed by atoms with E-state index in [4.69, 9.17) is 14.2 Å². The fraction of sp³-hybridized carbons (Fsp3) is 0.0833. The van der Waals surface area contributed by atoms with Crippen LogP contribution in [0.4, 0.5) is 0 Å². The van der Waals surface area contributed by atoms with Crippen LogP contribution in [-0.4, -0.2) is 20.2 Å². The van der Waals surface area contributed by atoms with Crippen molar-refractivity contribution in [2.24, 2.45) is 0 Å². The van der Waals surface area contributed by atoms with E-state index < -0.39 is 5.97 Å². The van der Waals surface area contributed by atoms with Crippen molar-refractivity contribution >= 4 is 17.6 Å². The molecule has 0 aromatic heterocycles. The molecule has 0 fully saturated rings. The number of ether oxygens (including phenoxy) is 3. The Balaban J connectivity index is 1.84. The smallest absolute Gasteiger partial charge is 0.343 e. The summed E-state index contributed by atoms with van der Waals surface area (Å²) in [5, 5.41) is 9.48. The lowest BCUT2D eigenvalue weighted by molar-refractivity contribution is 0.0729. The minimum Gasteiger partial charge on any atom is -0.497 e. The first-order chi connectivity index (χ1) is 14.1. The summed E-state index contributed by atoms with van der Waals surface area (Å²) in [4.78, 5) is 12.4. The number of nitriles is 1. The van der Waals surface area contributed by atoms with Gasteiger partial charge in [-0.15, -0.1) is 0 Å². The van der Waals surface area contributed by atoms with E-state index in [2.05, 4.69) is 6.07 Å². The van der Waals surface area contributed by atoms with Crippen LogP contribution in [0.3, 0.4) is 0 Å². The van der Waals surface area contributed by atoms with E-state index in [1.807, 2.05) is 30.3 Å². The van der Waals surface area contributed by atoms with Crippen LogP contribution in [0, 0.1) is 11.3 Å². The van der Waals surface area contributed by atoms with E-state index in [-0.39, 0.29) is 0 Å². The minimum absolute atomic E-state index is 0.295. The highest BCUT2D eigenvalue weighted by atomic mass is 16.6. The lowest BCUT2D eigenvalue weighted by Crippen LogP contribution is -2.09. The molecule has 0 aliphatic heterocycles. The van der Waals surface area contributed by atoms with Crippen molar-refractivity contribution in [3.8, 4) is 23.3 Å². The molecular weight excluding hydrogens is 366 g/mol. The first-order valence-corrected chi connectivity index (χ1v) is 8.86. The van der Waals surface area contributed by atoms with Crippen LogP contribution in [0.25, 0.3) is 11.6 Å². The molecular formula is C24H19NO4. The third kappa shape index (κ3) is 4.82. The molecule has 29 heavy (non-hydrogen) atoms. The number of esters is 1. The maximum absolute atomic E-state index is 12.4. The molecule has 0 saturated heterocycles. The molecule has 144 valence electrons. The molecule has 5 nitrogen and oxygen atoms in total. The normalized spacial score (nSPS) is 10.7. The second-order valence-electron chi connectivity index (χ2n) is 6.06. The molecule has 0 aliphatic rings. The van der Waals surface area contributed by atoms with Gasteiger partial charge in [-0.2, -0.15) is 5.26 Å². The molecule has 0 bridgehead atoms. The second-order valence-corrected chi connectivity index (χ2v) is 6.06. The first-order valence-electron chi connectivity index (χ1n) is 8.86. The summed E-state index contributed by atoms with van der Waals surface area (Å²) in [5.41, 5.74) is 2.50.